The largest absolute Gasteiger partial charge is 0.481 e. The molecule has 19 heteroatoms. The van der Waals surface area contributed by atoms with Gasteiger partial charge < -0.3 is 57.9 Å². The van der Waals surface area contributed by atoms with Gasteiger partial charge in [-0.1, -0.05) is 69.6 Å². The molecule has 1 aromatic heterocycles. The summed E-state index contributed by atoms with van der Waals surface area (Å²) in [5.41, 5.74) is 7.35. The Kier molecular flexibility index (Phi) is 24.3. The molecule has 1 heterocycles. The van der Waals surface area contributed by atoms with Crippen LogP contribution in [0.4, 0.5) is 0 Å². The molecular formula is C41H64N8O11. The average Bonchev–Trinajstić information content (AvgIpc) is 3.62. The maximum absolute atomic E-state index is 13.6. The lowest BCUT2D eigenvalue weighted by Crippen LogP contribution is -2.52. The first-order chi connectivity index (χ1) is 28.7. The van der Waals surface area contributed by atoms with Gasteiger partial charge in [-0.25, -0.2) is 4.79 Å². The van der Waals surface area contributed by atoms with E-state index in [0.717, 1.165) is 71.1 Å². The number of hydrogen-bond donors (Lipinski definition) is 11. The van der Waals surface area contributed by atoms with Crippen molar-refractivity contribution in [2.24, 2.45) is 5.73 Å². The molecule has 0 saturated carbocycles. The van der Waals surface area contributed by atoms with Crippen LogP contribution in [0.25, 0.3) is 10.9 Å². The van der Waals surface area contributed by atoms with Crippen molar-refractivity contribution in [3.8, 4) is 0 Å². The zero-order chi connectivity index (χ0) is 44.3. The Hall–Kier alpha value is -5.56. The number of fused-ring (bicyclic) bond motifs is 1. The van der Waals surface area contributed by atoms with Gasteiger partial charge >= 0.3 is 17.9 Å². The molecule has 0 radical (unpaired) electrons. The third kappa shape index (κ3) is 20.9. The highest BCUT2D eigenvalue weighted by molar-refractivity contribution is 5.95. The molecular weight excluding hydrogens is 780 g/mol. The summed E-state index contributed by atoms with van der Waals surface area (Å²) in [6.07, 6.45) is 11.7. The van der Waals surface area contributed by atoms with Crippen molar-refractivity contribution in [1.29, 1.82) is 0 Å². The van der Waals surface area contributed by atoms with E-state index in [0.29, 0.717) is 42.5 Å². The lowest BCUT2D eigenvalue weighted by molar-refractivity contribution is -0.143. The van der Waals surface area contributed by atoms with Gasteiger partial charge in [-0.3, -0.25) is 33.6 Å². The number of H-pyrrole nitrogens is 1. The van der Waals surface area contributed by atoms with E-state index in [1.54, 1.807) is 30.5 Å². The number of nitrogens with one attached hydrogen (secondary N) is 7. The molecule has 60 heavy (non-hydrogen) atoms. The number of carbonyl (C=O) groups is 8. The summed E-state index contributed by atoms with van der Waals surface area (Å²) in [7, 11) is 0. The van der Waals surface area contributed by atoms with Crippen molar-refractivity contribution in [3.63, 3.8) is 0 Å². The standard InChI is InChI=1S/C41H64N8O11/c1-27(50)47-32(18-19-36(54)55)39(57)48-33(41(59)60)21-23-45-40(58)37(29-26-46-31-15-13-12-14-28(29)31)49-38(56)30(42)20-22-43-24-25-44-34(51)16-10-8-6-4-2-3-5-7-9-11-17-35(52)53/h12-15,26,30,32-33,37,43,46H,2-11,16-25,42H2,1H3,(H,44,51)(H,45,58)(H,47,50)(H,48,57)(H,49,56)(H,52,53)(H,54,55)(H,59,60)/t30-,32+,33-,37+/m0/s1. The summed E-state index contributed by atoms with van der Waals surface area (Å²) in [5, 5.41) is 44.0. The Bertz CT molecular complexity index is 1700. The van der Waals surface area contributed by atoms with Crippen LogP contribution in [0.15, 0.2) is 30.5 Å². The number of carboxylic acids is 3. The summed E-state index contributed by atoms with van der Waals surface area (Å²) in [6.45, 7) is 2.12. The predicted octanol–water partition coefficient (Wildman–Crippen LogP) is 1.96. The fourth-order valence-corrected chi connectivity index (χ4v) is 6.49. The Morgan fingerprint density at radius 2 is 1.23 bits per heavy atom. The van der Waals surface area contributed by atoms with E-state index in [4.69, 9.17) is 15.9 Å². The number of rotatable bonds is 33. The lowest BCUT2D eigenvalue weighted by Gasteiger charge is -2.22. The van der Waals surface area contributed by atoms with Crippen LogP contribution in [0.2, 0.25) is 0 Å². The van der Waals surface area contributed by atoms with Crippen LogP contribution in [0.3, 0.4) is 0 Å². The maximum atomic E-state index is 13.6. The van der Waals surface area contributed by atoms with Crippen molar-refractivity contribution in [1.82, 2.24) is 36.9 Å². The van der Waals surface area contributed by atoms with Crippen LogP contribution in [0, 0.1) is 0 Å². The number of unbranched alkanes of at least 4 members (excludes halogenated alkanes) is 9. The van der Waals surface area contributed by atoms with Gasteiger partial charge in [0.1, 0.15) is 18.1 Å². The first-order valence-electron chi connectivity index (χ1n) is 20.8. The highest BCUT2D eigenvalue weighted by Gasteiger charge is 2.29. The lowest BCUT2D eigenvalue weighted by atomic mass is 10.0. The molecule has 0 saturated heterocycles. The topological polar surface area (TPSA) is 311 Å². The Balaban J connectivity index is 1.79. The molecule has 0 aliphatic carbocycles. The van der Waals surface area contributed by atoms with E-state index < -0.39 is 72.1 Å². The Labute approximate surface area is 350 Å². The number of amides is 5. The zero-order valence-electron chi connectivity index (χ0n) is 34.5. The summed E-state index contributed by atoms with van der Waals surface area (Å²) < 4.78 is 0. The molecule has 334 valence electrons. The number of hydrogen-bond acceptors (Lipinski definition) is 10. The Morgan fingerprint density at radius 3 is 1.85 bits per heavy atom. The SMILES string of the molecule is CC(=O)N[C@H](CCC(=O)O)C(=O)N[C@@H](CCNC(=O)[C@H](NC(=O)[C@@H](N)CCNCCNC(=O)CCCCCCCCCCCCC(=O)O)c1c[nH]c2ccccc12)C(=O)O. The van der Waals surface area contributed by atoms with Crippen LogP contribution in [-0.2, 0) is 38.4 Å². The number of aromatic amines is 1. The van der Waals surface area contributed by atoms with Crippen LogP contribution in [0.1, 0.15) is 121 Å². The van der Waals surface area contributed by atoms with Gasteiger partial charge in [0.05, 0.1) is 6.04 Å². The van der Waals surface area contributed by atoms with E-state index in [1.165, 1.54) is 0 Å². The number of carboxylic acid groups (broad SMARTS) is 3. The fraction of sp³-hybridized carbons (Fsp3) is 0.610. The molecule has 0 aliphatic heterocycles. The molecule has 4 atom stereocenters. The van der Waals surface area contributed by atoms with E-state index in [-0.39, 0.29) is 38.1 Å². The molecule has 0 unspecified atom stereocenters. The van der Waals surface area contributed by atoms with E-state index in [1.807, 2.05) is 0 Å². The Morgan fingerprint density at radius 1 is 0.617 bits per heavy atom. The number of carbonyl (C=O) groups excluding carboxylic acids is 5. The van der Waals surface area contributed by atoms with E-state index >= 15 is 0 Å². The first kappa shape index (κ1) is 50.6. The van der Waals surface area contributed by atoms with Crippen molar-refractivity contribution in [2.75, 3.05) is 26.2 Å². The monoisotopic (exact) mass is 844 g/mol. The molecule has 5 amide bonds. The maximum Gasteiger partial charge on any atom is 0.326 e. The second kappa shape index (κ2) is 28.8. The first-order valence-corrected chi connectivity index (χ1v) is 20.8. The predicted molar refractivity (Wildman–Crippen MR) is 222 cm³/mol. The average molecular weight is 845 g/mol. The van der Waals surface area contributed by atoms with Gasteiger partial charge in [0.15, 0.2) is 0 Å². The second-order valence-corrected chi connectivity index (χ2v) is 14.8. The number of nitrogens with two attached hydrogens (primary N) is 1. The van der Waals surface area contributed by atoms with E-state index in [2.05, 4.69) is 36.9 Å². The molecule has 19 nitrogen and oxygen atoms in total. The fourth-order valence-electron chi connectivity index (χ4n) is 6.49. The minimum absolute atomic E-state index is 0.0253. The minimum atomic E-state index is -1.50. The van der Waals surface area contributed by atoms with Gasteiger partial charge in [-0.15, -0.1) is 0 Å². The molecule has 2 rings (SSSR count). The van der Waals surface area contributed by atoms with Gasteiger partial charge in [-0.05, 0) is 44.7 Å². The molecule has 0 aliphatic rings. The van der Waals surface area contributed by atoms with Crippen LogP contribution in [0.5, 0.6) is 0 Å². The molecule has 12 N–H and O–H groups in total. The van der Waals surface area contributed by atoms with E-state index in [9.17, 15) is 43.5 Å². The zero-order valence-corrected chi connectivity index (χ0v) is 34.5. The highest BCUT2D eigenvalue weighted by Crippen LogP contribution is 2.24. The van der Waals surface area contributed by atoms with Gasteiger partial charge in [0.2, 0.25) is 29.5 Å². The molecule has 0 bridgehead atoms. The van der Waals surface area contributed by atoms with Gasteiger partial charge in [-0.2, -0.15) is 0 Å². The number of para-hydroxylation sites is 1. The molecule has 2 aromatic rings. The van der Waals surface area contributed by atoms with Crippen LogP contribution < -0.4 is 37.6 Å². The van der Waals surface area contributed by atoms with Crippen molar-refractivity contribution in [3.05, 3.63) is 36.0 Å². The molecule has 1 aromatic carbocycles. The minimum Gasteiger partial charge on any atom is -0.481 e. The summed E-state index contributed by atoms with van der Waals surface area (Å²) >= 11 is 0. The van der Waals surface area contributed by atoms with Crippen molar-refractivity contribution >= 4 is 58.3 Å². The molecule has 0 spiro atoms. The van der Waals surface area contributed by atoms with Gasteiger partial charge in [0, 0.05) is 68.5 Å². The van der Waals surface area contributed by atoms with Crippen molar-refractivity contribution in [2.45, 2.75) is 134 Å². The second-order valence-electron chi connectivity index (χ2n) is 14.8. The summed E-state index contributed by atoms with van der Waals surface area (Å²) in [5.74, 6) is -6.17. The van der Waals surface area contributed by atoms with Crippen LogP contribution >= 0.6 is 0 Å². The summed E-state index contributed by atoms with van der Waals surface area (Å²) in [6, 6.07) is 2.12. The summed E-state index contributed by atoms with van der Waals surface area (Å²) in [4.78, 5) is 100. The van der Waals surface area contributed by atoms with Crippen LogP contribution in [-0.4, -0.2) is 112 Å². The quantitative estimate of drug-likeness (QED) is 0.0459. The normalized spacial score (nSPS) is 13.0. The number of aliphatic carboxylic acids is 3. The smallest absolute Gasteiger partial charge is 0.326 e. The highest BCUT2D eigenvalue weighted by atomic mass is 16.4. The third-order valence-corrected chi connectivity index (χ3v) is 9.81. The number of benzene rings is 1. The molecule has 0 fully saturated rings. The third-order valence-electron chi connectivity index (χ3n) is 9.81. The number of aromatic nitrogens is 1. The van der Waals surface area contributed by atoms with Crippen molar-refractivity contribution < 1.29 is 53.7 Å². The van der Waals surface area contributed by atoms with Gasteiger partial charge in [0.25, 0.3) is 0 Å².